The molecule has 5 unspecified atom stereocenters. The molecule has 30 heavy (non-hydrogen) atoms. The fraction of sp³-hybridized carbons (Fsp3) is 1.00. The van der Waals surface area contributed by atoms with Crippen molar-refractivity contribution in [2.24, 2.45) is 5.92 Å². The summed E-state index contributed by atoms with van der Waals surface area (Å²) in [6.07, 6.45) is -0.475. The molecule has 1 heterocycles. The van der Waals surface area contributed by atoms with Gasteiger partial charge in [-0.3, -0.25) is 22.6 Å². The lowest BCUT2D eigenvalue weighted by atomic mass is 9.94. The van der Waals surface area contributed by atoms with Crippen molar-refractivity contribution in [2.75, 3.05) is 26.4 Å². The Kier molecular flexibility index (Phi) is 11.9. The average Bonchev–Trinajstić information content (AvgIpc) is 2.92. The van der Waals surface area contributed by atoms with E-state index < -0.39 is 29.6 Å². The quantitative estimate of drug-likeness (QED) is 0.142. The molecule has 1 saturated heterocycles. The third-order valence-corrected chi connectivity index (χ3v) is 6.43. The maximum atomic E-state index is 12.1. The van der Waals surface area contributed by atoms with Gasteiger partial charge in [-0.2, -0.15) is 0 Å². The summed E-state index contributed by atoms with van der Waals surface area (Å²) in [6.45, 7) is 2.57. The molecule has 1 rings (SSSR count). The van der Waals surface area contributed by atoms with E-state index in [1.54, 1.807) is 0 Å². The highest BCUT2D eigenvalue weighted by Gasteiger charge is 2.40. The van der Waals surface area contributed by atoms with E-state index in [9.17, 15) is 23.5 Å². The van der Waals surface area contributed by atoms with Gasteiger partial charge in [0.15, 0.2) is 0 Å². The van der Waals surface area contributed by atoms with Crippen LogP contribution in [0.25, 0.3) is 0 Å². The first-order chi connectivity index (χ1) is 13.7. The summed E-state index contributed by atoms with van der Waals surface area (Å²) >= 11 is 0. The van der Waals surface area contributed by atoms with Gasteiger partial charge in [-0.1, -0.05) is 13.8 Å². The van der Waals surface area contributed by atoms with Gasteiger partial charge in [-0.25, -0.2) is 13.7 Å². The lowest BCUT2D eigenvalue weighted by molar-refractivity contribution is -0.00181. The predicted octanol–water partition coefficient (Wildman–Crippen LogP) is 0.916. The van der Waals surface area contributed by atoms with Crippen LogP contribution in [0, 0.1) is 5.92 Å². The van der Waals surface area contributed by atoms with Gasteiger partial charge in [0.2, 0.25) is 0 Å². The van der Waals surface area contributed by atoms with Crippen molar-refractivity contribution in [3.8, 4) is 0 Å². The highest BCUT2D eigenvalue weighted by atomic mass is 31.2. The fourth-order valence-electron chi connectivity index (χ4n) is 2.64. The standard InChI is InChI=1S/C13H30BO13P3/c1-10(2)13-11(9-12(14)26-13)27-30(20,21)25-8-4-7-24-29(18,19)23-6-3-5-22-28(15,16)17/h10-13H,3-9,14H2,1-2H3,(H,18,19)(H,20,21)(H2,15,16,17). The van der Waals surface area contributed by atoms with E-state index in [0.29, 0.717) is 6.42 Å². The molecule has 0 radical (unpaired) electrons. The van der Waals surface area contributed by atoms with Gasteiger partial charge in [-0.05, 0) is 25.2 Å². The van der Waals surface area contributed by atoms with Crippen molar-refractivity contribution in [2.45, 2.75) is 51.3 Å². The predicted molar refractivity (Wildman–Crippen MR) is 106 cm³/mol. The SMILES string of the molecule is BC1CC(OP(=O)(O)OCCCOP(=O)(O)OCCCOP(=O)(O)O)C(C(C)C)O1. The second-order valence-corrected chi connectivity index (χ2v) is 11.1. The van der Waals surface area contributed by atoms with Gasteiger partial charge >= 0.3 is 23.5 Å². The van der Waals surface area contributed by atoms with E-state index in [4.69, 9.17) is 23.6 Å². The Labute approximate surface area is 176 Å². The molecule has 0 saturated carbocycles. The van der Waals surface area contributed by atoms with Crippen molar-refractivity contribution >= 4 is 31.3 Å². The second-order valence-electron chi connectivity index (χ2n) is 7.00. The van der Waals surface area contributed by atoms with E-state index in [0.717, 1.165) is 0 Å². The van der Waals surface area contributed by atoms with Gasteiger partial charge in [0.25, 0.3) is 0 Å². The topological polar surface area (TPSA) is 188 Å². The second kappa shape index (κ2) is 12.6. The molecule has 0 aromatic rings. The van der Waals surface area contributed by atoms with Crippen LogP contribution in [0.1, 0.15) is 33.1 Å². The molecule has 0 bridgehead atoms. The summed E-state index contributed by atoms with van der Waals surface area (Å²) in [5.41, 5.74) is 0. The molecule has 178 valence electrons. The van der Waals surface area contributed by atoms with Gasteiger partial charge < -0.3 is 24.3 Å². The summed E-state index contributed by atoms with van der Waals surface area (Å²) < 4.78 is 63.4. The summed E-state index contributed by atoms with van der Waals surface area (Å²) in [6, 6.07) is -0.0992. The molecule has 0 amide bonds. The van der Waals surface area contributed by atoms with Crippen molar-refractivity contribution in [1.82, 2.24) is 0 Å². The van der Waals surface area contributed by atoms with Crippen LogP contribution in [0.3, 0.4) is 0 Å². The van der Waals surface area contributed by atoms with Crippen molar-refractivity contribution in [3.63, 3.8) is 0 Å². The maximum absolute atomic E-state index is 12.1. The molecular weight excluding hydrogens is 468 g/mol. The van der Waals surface area contributed by atoms with Crippen LogP contribution in [-0.2, 0) is 41.1 Å². The van der Waals surface area contributed by atoms with Crippen LogP contribution in [0.15, 0.2) is 0 Å². The molecule has 1 aliphatic rings. The number of phosphoric acid groups is 3. The number of hydrogen-bond acceptors (Lipinski definition) is 9. The molecule has 5 atom stereocenters. The van der Waals surface area contributed by atoms with E-state index in [-0.39, 0.29) is 57.3 Å². The molecule has 0 spiro atoms. The van der Waals surface area contributed by atoms with Crippen molar-refractivity contribution < 1.29 is 60.6 Å². The highest BCUT2D eigenvalue weighted by molar-refractivity contribution is 7.47. The number of hydrogen-bond donors (Lipinski definition) is 4. The largest absolute Gasteiger partial charge is 0.472 e. The van der Waals surface area contributed by atoms with E-state index in [1.165, 1.54) is 0 Å². The Morgan fingerprint density at radius 1 is 0.900 bits per heavy atom. The molecule has 0 aromatic heterocycles. The van der Waals surface area contributed by atoms with Gasteiger partial charge in [-0.15, -0.1) is 0 Å². The first-order valence-corrected chi connectivity index (χ1v) is 13.9. The van der Waals surface area contributed by atoms with Crippen LogP contribution in [-0.4, -0.2) is 72.1 Å². The molecule has 0 aliphatic carbocycles. The molecule has 0 aromatic carbocycles. The zero-order valence-corrected chi connectivity index (χ0v) is 19.7. The van der Waals surface area contributed by atoms with Crippen molar-refractivity contribution in [1.29, 1.82) is 0 Å². The zero-order chi connectivity index (χ0) is 23.0. The summed E-state index contributed by atoms with van der Waals surface area (Å²) in [4.78, 5) is 36.3. The molecule has 17 heteroatoms. The van der Waals surface area contributed by atoms with E-state index >= 15 is 0 Å². The summed E-state index contributed by atoms with van der Waals surface area (Å²) in [7, 11) is -11.5. The van der Waals surface area contributed by atoms with Crippen LogP contribution in [0.5, 0.6) is 0 Å². The Bertz CT molecular complexity index is 656. The van der Waals surface area contributed by atoms with Crippen LogP contribution in [0.4, 0.5) is 0 Å². The Morgan fingerprint density at radius 3 is 1.83 bits per heavy atom. The highest BCUT2D eigenvalue weighted by Crippen LogP contribution is 2.48. The van der Waals surface area contributed by atoms with Crippen molar-refractivity contribution in [3.05, 3.63) is 0 Å². The molecule has 1 fully saturated rings. The number of rotatable bonds is 15. The normalized spacial score (nSPS) is 26.6. The van der Waals surface area contributed by atoms with Gasteiger partial charge in [0.05, 0.1) is 38.6 Å². The first-order valence-electron chi connectivity index (χ1n) is 9.34. The first kappa shape index (κ1) is 28.4. The number of ether oxygens (including phenoxy) is 1. The Hall–Kier alpha value is 0.355. The van der Waals surface area contributed by atoms with E-state index in [1.807, 2.05) is 21.7 Å². The zero-order valence-electron chi connectivity index (χ0n) is 17.1. The Balaban J connectivity index is 2.23. The summed E-state index contributed by atoms with van der Waals surface area (Å²) in [5.74, 6) is 0.0930. The van der Waals surface area contributed by atoms with E-state index in [2.05, 4.69) is 13.6 Å². The lowest BCUT2D eigenvalue weighted by Gasteiger charge is -2.24. The smallest absolute Gasteiger partial charge is 0.381 e. The molecule has 1 aliphatic heterocycles. The number of phosphoric ester groups is 3. The fourth-order valence-corrected chi connectivity index (χ4v) is 4.77. The monoisotopic (exact) mass is 498 g/mol. The lowest BCUT2D eigenvalue weighted by Crippen LogP contribution is -2.28. The third kappa shape index (κ3) is 12.4. The van der Waals surface area contributed by atoms with Gasteiger partial charge in [0.1, 0.15) is 7.85 Å². The molecule has 4 N–H and O–H groups in total. The maximum Gasteiger partial charge on any atom is 0.472 e. The van der Waals surface area contributed by atoms with Crippen LogP contribution >= 0.6 is 23.5 Å². The Morgan fingerprint density at radius 2 is 1.37 bits per heavy atom. The minimum absolute atomic E-state index is 0.00825. The average molecular weight is 498 g/mol. The molecule has 13 nitrogen and oxygen atoms in total. The van der Waals surface area contributed by atoms with Crippen LogP contribution < -0.4 is 0 Å². The molecular formula is C13H30BO13P3. The van der Waals surface area contributed by atoms with Crippen LogP contribution in [0.2, 0.25) is 0 Å². The van der Waals surface area contributed by atoms with Gasteiger partial charge in [0, 0.05) is 6.00 Å². The third-order valence-electron chi connectivity index (χ3n) is 3.85. The minimum Gasteiger partial charge on any atom is -0.381 e. The minimum atomic E-state index is -4.60. The summed E-state index contributed by atoms with van der Waals surface area (Å²) in [5, 5.41) is 0.